The summed E-state index contributed by atoms with van der Waals surface area (Å²) >= 11 is 0. The monoisotopic (exact) mass is 330 g/mol. The molecule has 0 fully saturated rings. The summed E-state index contributed by atoms with van der Waals surface area (Å²) in [5, 5.41) is 3.69. The lowest BCUT2D eigenvalue weighted by Crippen LogP contribution is -2.05. The highest BCUT2D eigenvalue weighted by atomic mass is 16.4. The fraction of sp³-hybridized carbons (Fsp3) is 0. The van der Waals surface area contributed by atoms with Gasteiger partial charge in [-0.2, -0.15) is 4.98 Å². The first-order chi connectivity index (χ1) is 12.2. The fourth-order valence-corrected chi connectivity index (χ4v) is 2.54. The van der Waals surface area contributed by atoms with Gasteiger partial charge < -0.3 is 15.5 Å². The first-order valence-electron chi connectivity index (χ1n) is 7.68. The van der Waals surface area contributed by atoms with E-state index in [0.717, 1.165) is 11.3 Å². The van der Waals surface area contributed by atoms with Crippen LogP contribution < -0.4 is 16.7 Å². The summed E-state index contributed by atoms with van der Waals surface area (Å²) in [6.07, 6.45) is 1.62. The molecule has 0 spiro atoms. The van der Waals surface area contributed by atoms with Crippen molar-refractivity contribution in [2.75, 3.05) is 11.1 Å². The van der Waals surface area contributed by atoms with Crippen LogP contribution in [0.2, 0.25) is 0 Å². The van der Waals surface area contributed by atoms with Gasteiger partial charge in [0.1, 0.15) is 0 Å². The van der Waals surface area contributed by atoms with Gasteiger partial charge in [0.05, 0.1) is 10.9 Å². The Hall–Kier alpha value is -3.67. The van der Waals surface area contributed by atoms with Gasteiger partial charge in [-0.15, -0.1) is 0 Å². The summed E-state index contributed by atoms with van der Waals surface area (Å²) in [7, 11) is 0. The summed E-state index contributed by atoms with van der Waals surface area (Å²) in [6.45, 7) is 0. The summed E-state index contributed by atoms with van der Waals surface area (Å²) in [4.78, 5) is 20.8. The van der Waals surface area contributed by atoms with E-state index in [0.29, 0.717) is 22.6 Å². The predicted octanol–water partition coefficient (Wildman–Crippen LogP) is 3.58. The van der Waals surface area contributed by atoms with E-state index in [1.807, 2.05) is 42.5 Å². The van der Waals surface area contributed by atoms with E-state index in [-0.39, 0.29) is 5.71 Å². The maximum absolute atomic E-state index is 12.3. The Bertz CT molecular complexity index is 1110. The molecule has 4 aromatic rings. The van der Waals surface area contributed by atoms with Crippen LogP contribution in [0.15, 0.2) is 76.1 Å². The Kier molecular flexibility index (Phi) is 3.63. The number of nitrogens with zero attached hydrogens (tertiary/aromatic N) is 2. The van der Waals surface area contributed by atoms with E-state index in [2.05, 4.69) is 15.3 Å². The van der Waals surface area contributed by atoms with Gasteiger partial charge in [0, 0.05) is 17.6 Å². The van der Waals surface area contributed by atoms with Crippen molar-refractivity contribution in [3.05, 3.63) is 77.3 Å². The van der Waals surface area contributed by atoms with Crippen LogP contribution in [0.1, 0.15) is 0 Å². The number of hydrogen-bond acceptors (Lipinski definition) is 6. The molecule has 2 aromatic heterocycles. The lowest BCUT2D eigenvalue weighted by atomic mass is 10.1. The van der Waals surface area contributed by atoms with E-state index >= 15 is 0 Å². The second kappa shape index (κ2) is 6.09. The van der Waals surface area contributed by atoms with Crippen LogP contribution in [0.4, 0.5) is 17.3 Å². The van der Waals surface area contributed by atoms with E-state index in [4.69, 9.17) is 10.2 Å². The topological polar surface area (TPSA) is 94.0 Å². The average Bonchev–Trinajstić information content (AvgIpc) is 2.62. The summed E-state index contributed by atoms with van der Waals surface area (Å²) < 4.78 is 5.38. The summed E-state index contributed by atoms with van der Waals surface area (Å²) in [5.41, 5.74) is 8.20. The third-order valence-corrected chi connectivity index (χ3v) is 3.72. The van der Waals surface area contributed by atoms with Crippen LogP contribution in [0.3, 0.4) is 0 Å². The van der Waals surface area contributed by atoms with Gasteiger partial charge in [-0.25, -0.2) is 9.78 Å². The normalized spacial score (nSPS) is 10.7. The van der Waals surface area contributed by atoms with E-state index in [1.54, 1.807) is 24.4 Å². The Labute approximate surface area is 143 Å². The van der Waals surface area contributed by atoms with Gasteiger partial charge in [0.15, 0.2) is 0 Å². The van der Waals surface area contributed by atoms with Crippen molar-refractivity contribution in [1.29, 1.82) is 0 Å². The number of aromatic nitrogens is 2. The van der Waals surface area contributed by atoms with Crippen LogP contribution in [0, 0.1) is 0 Å². The number of fused-ring (bicyclic) bond motifs is 1. The molecule has 0 saturated heterocycles. The number of rotatable bonds is 3. The molecule has 0 amide bonds. The van der Waals surface area contributed by atoms with E-state index in [9.17, 15) is 4.79 Å². The molecule has 2 aromatic carbocycles. The zero-order valence-electron chi connectivity index (χ0n) is 13.1. The first kappa shape index (κ1) is 14.9. The number of nitrogen functional groups attached to an aromatic ring is 1. The third-order valence-electron chi connectivity index (χ3n) is 3.72. The minimum atomic E-state index is -0.438. The highest BCUT2D eigenvalue weighted by Crippen LogP contribution is 2.21. The molecular formula is C19H14N4O2. The molecule has 122 valence electrons. The molecular weight excluding hydrogens is 316 g/mol. The summed E-state index contributed by atoms with van der Waals surface area (Å²) in [5.74, 6) is 0.328. The molecule has 0 aliphatic heterocycles. The van der Waals surface area contributed by atoms with E-state index < -0.39 is 5.63 Å². The SMILES string of the molecule is Nc1cccc(Nc2ncc3cc(-c4ccccc4)c(=O)oc3n2)c1. The van der Waals surface area contributed by atoms with Crippen LogP contribution in [-0.2, 0) is 0 Å². The quantitative estimate of drug-likeness (QED) is 0.558. The number of nitrogens with two attached hydrogens (primary N) is 1. The highest BCUT2D eigenvalue weighted by Gasteiger charge is 2.10. The van der Waals surface area contributed by atoms with Crippen molar-refractivity contribution in [3.8, 4) is 11.1 Å². The molecule has 0 bridgehead atoms. The molecule has 2 heterocycles. The lowest BCUT2D eigenvalue weighted by Gasteiger charge is -2.06. The zero-order valence-corrected chi connectivity index (χ0v) is 13.1. The molecule has 0 saturated carbocycles. The van der Waals surface area contributed by atoms with Crippen LogP contribution in [-0.4, -0.2) is 9.97 Å². The molecule has 6 nitrogen and oxygen atoms in total. The second-order valence-electron chi connectivity index (χ2n) is 5.52. The van der Waals surface area contributed by atoms with Gasteiger partial charge in [0.2, 0.25) is 11.7 Å². The molecule has 6 heteroatoms. The van der Waals surface area contributed by atoms with Crippen LogP contribution in [0.5, 0.6) is 0 Å². The van der Waals surface area contributed by atoms with Crippen molar-refractivity contribution in [2.24, 2.45) is 0 Å². The van der Waals surface area contributed by atoms with E-state index in [1.165, 1.54) is 0 Å². The highest BCUT2D eigenvalue weighted by molar-refractivity contribution is 5.79. The molecule has 0 aliphatic carbocycles. The Morgan fingerprint density at radius 2 is 1.84 bits per heavy atom. The smallest absolute Gasteiger partial charge is 0.345 e. The van der Waals surface area contributed by atoms with Crippen LogP contribution in [0.25, 0.3) is 22.2 Å². The van der Waals surface area contributed by atoms with Crippen molar-refractivity contribution in [1.82, 2.24) is 9.97 Å². The first-order valence-corrected chi connectivity index (χ1v) is 7.68. The average molecular weight is 330 g/mol. The molecule has 3 N–H and O–H groups in total. The zero-order chi connectivity index (χ0) is 17.2. The second-order valence-corrected chi connectivity index (χ2v) is 5.52. The lowest BCUT2D eigenvalue weighted by molar-refractivity contribution is 0.551. The summed E-state index contributed by atoms with van der Waals surface area (Å²) in [6, 6.07) is 18.3. The maximum atomic E-state index is 12.3. The van der Waals surface area contributed by atoms with Gasteiger partial charge in [-0.3, -0.25) is 0 Å². The molecule has 4 rings (SSSR count). The largest absolute Gasteiger partial charge is 0.403 e. The van der Waals surface area contributed by atoms with Crippen molar-refractivity contribution in [3.63, 3.8) is 0 Å². The Morgan fingerprint density at radius 1 is 1.00 bits per heavy atom. The predicted molar refractivity (Wildman–Crippen MR) is 97.6 cm³/mol. The molecule has 0 aliphatic rings. The number of hydrogen-bond donors (Lipinski definition) is 2. The van der Waals surface area contributed by atoms with Crippen molar-refractivity contribution >= 4 is 28.4 Å². The number of benzene rings is 2. The minimum Gasteiger partial charge on any atom is -0.403 e. The molecule has 0 unspecified atom stereocenters. The van der Waals surface area contributed by atoms with Gasteiger partial charge in [-0.1, -0.05) is 36.4 Å². The molecule has 0 radical (unpaired) electrons. The third kappa shape index (κ3) is 3.05. The van der Waals surface area contributed by atoms with Gasteiger partial charge in [0.25, 0.3) is 0 Å². The van der Waals surface area contributed by atoms with Crippen LogP contribution >= 0.6 is 0 Å². The Morgan fingerprint density at radius 3 is 2.64 bits per heavy atom. The maximum Gasteiger partial charge on any atom is 0.345 e. The number of anilines is 3. The van der Waals surface area contributed by atoms with Crippen molar-refractivity contribution < 1.29 is 4.42 Å². The van der Waals surface area contributed by atoms with Gasteiger partial charge in [-0.05, 0) is 29.8 Å². The van der Waals surface area contributed by atoms with Gasteiger partial charge >= 0.3 is 5.63 Å². The Balaban J connectivity index is 1.73. The molecule has 0 atom stereocenters. The minimum absolute atomic E-state index is 0.228. The standard InChI is InChI=1S/C19H14N4O2/c20-14-7-4-8-15(10-14)22-19-21-11-13-9-16(12-5-2-1-3-6-12)18(24)25-17(13)23-19/h1-11H,20H2,(H,21,22,23). The van der Waals surface area contributed by atoms with Crippen molar-refractivity contribution in [2.45, 2.75) is 0 Å². The fourth-order valence-electron chi connectivity index (χ4n) is 2.54. The number of nitrogens with one attached hydrogen (secondary N) is 1. The molecule has 25 heavy (non-hydrogen) atoms.